The standard InChI is InChI=1S/C15H14BrNO/c16-13-3-1-2-4-15(13)18-10-11-5-6-14-12(9-11)7-8-17-14/h1-6,9,17H,7-8,10H2. The number of benzene rings is 2. The summed E-state index contributed by atoms with van der Waals surface area (Å²) in [5.41, 5.74) is 3.87. The van der Waals surface area contributed by atoms with Crippen molar-refractivity contribution in [1.29, 1.82) is 0 Å². The van der Waals surface area contributed by atoms with Gasteiger partial charge in [0.05, 0.1) is 4.47 Å². The Labute approximate surface area is 115 Å². The zero-order chi connectivity index (χ0) is 12.4. The van der Waals surface area contributed by atoms with E-state index in [2.05, 4.69) is 39.4 Å². The molecule has 2 nitrogen and oxygen atoms in total. The van der Waals surface area contributed by atoms with Crippen LogP contribution in [0.15, 0.2) is 46.9 Å². The van der Waals surface area contributed by atoms with Crippen LogP contribution in [0.4, 0.5) is 5.69 Å². The molecule has 2 aromatic rings. The van der Waals surface area contributed by atoms with E-state index in [0.29, 0.717) is 6.61 Å². The number of hydrogen-bond acceptors (Lipinski definition) is 2. The third-order valence-electron chi connectivity index (χ3n) is 3.11. The molecule has 0 spiro atoms. The summed E-state index contributed by atoms with van der Waals surface area (Å²) in [5, 5.41) is 3.36. The summed E-state index contributed by atoms with van der Waals surface area (Å²) >= 11 is 3.48. The van der Waals surface area contributed by atoms with Gasteiger partial charge in [0.1, 0.15) is 12.4 Å². The lowest BCUT2D eigenvalue weighted by Gasteiger charge is -2.09. The van der Waals surface area contributed by atoms with Crippen molar-refractivity contribution in [1.82, 2.24) is 0 Å². The lowest BCUT2D eigenvalue weighted by molar-refractivity contribution is 0.304. The third-order valence-corrected chi connectivity index (χ3v) is 3.77. The van der Waals surface area contributed by atoms with Gasteiger partial charge >= 0.3 is 0 Å². The summed E-state index contributed by atoms with van der Waals surface area (Å²) in [4.78, 5) is 0. The Morgan fingerprint density at radius 2 is 2.06 bits per heavy atom. The highest BCUT2D eigenvalue weighted by atomic mass is 79.9. The van der Waals surface area contributed by atoms with Gasteiger partial charge in [0.2, 0.25) is 0 Å². The molecule has 18 heavy (non-hydrogen) atoms. The van der Waals surface area contributed by atoms with Gasteiger partial charge in [0, 0.05) is 12.2 Å². The van der Waals surface area contributed by atoms with Gasteiger partial charge in [0.25, 0.3) is 0 Å². The average Bonchev–Trinajstić information content (AvgIpc) is 2.85. The third kappa shape index (κ3) is 2.36. The molecular weight excluding hydrogens is 290 g/mol. The van der Waals surface area contributed by atoms with Gasteiger partial charge in [-0.15, -0.1) is 0 Å². The van der Waals surface area contributed by atoms with Gasteiger partial charge < -0.3 is 10.1 Å². The van der Waals surface area contributed by atoms with E-state index in [9.17, 15) is 0 Å². The minimum absolute atomic E-state index is 0.607. The lowest BCUT2D eigenvalue weighted by atomic mass is 10.1. The van der Waals surface area contributed by atoms with Crippen LogP contribution in [0, 0.1) is 0 Å². The highest BCUT2D eigenvalue weighted by molar-refractivity contribution is 9.10. The summed E-state index contributed by atoms with van der Waals surface area (Å²) in [7, 11) is 0. The zero-order valence-corrected chi connectivity index (χ0v) is 11.5. The molecule has 0 bridgehead atoms. The number of anilines is 1. The molecule has 0 radical (unpaired) electrons. The van der Waals surface area contributed by atoms with Gasteiger partial charge in [-0.25, -0.2) is 0 Å². The first-order valence-corrected chi connectivity index (χ1v) is 6.85. The van der Waals surface area contributed by atoms with Crippen molar-refractivity contribution in [2.75, 3.05) is 11.9 Å². The van der Waals surface area contributed by atoms with Gasteiger partial charge in [-0.3, -0.25) is 0 Å². The maximum atomic E-state index is 5.82. The molecule has 3 heteroatoms. The summed E-state index contributed by atoms with van der Waals surface area (Å²) in [6.45, 7) is 1.65. The van der Waals surface area contributed by atoms with Crippen molar-refractivity contribution in [3.63, 3.8) is 0 Å². The first-order chi connectivity index (χ1) is 8.83. The van der Waals surface area contributed by atoms with Crippen molar-refractivity contribution in [2.45, 2.75) is 13.0 Å². The van der Waals surface area contributed by atoms with Gasteiger partial charge in [0.15, 0.2) is 0 Å². The fraction of sp³-hybridized carbons (Fsp3) is 0.200. The second-order valence-corrected chi connectivity index (χ2v) is 5.24. The molecule has 1 heterocycles. The predicted molar refractivity (Wildman–Crippen MR) is 77.1 cm³/mol. The van der Waals surface area contributed by atoms with Gasteiger partial charge in [-0.05, 0) is 51.7 Å². The average molecular weight is 304 g/mol. The van der Waals surface area contributed by atoms with Crippen molar-refractivity contribution in [3.8, 4) is 5.75 Å². The van der Waals surface area contributed by atoms with E-state index >= 15 is 0 Å². The van der Waals surface area contributed by atoms with Crippen LogP contribution in [0.5, 0.6) is 5.75 Å². The van der Waals surface area contributed by atoms with Crippen LogP contribution in [-0.2, 0) is 13.0 Å². The largest absolute Gasteiger partial charge is 0.488 e. The number of halogens is 1. The van der Waals surface area contributed by atoms with Gasteiger partial charge in [-0.1, -0.05) is 24.3 Å². The molecule has 92 valence electrons. The van der Waals surface area contributed by atoms with E-state index in [4.69, 9.17) is 4.74 Å². The molecule has 1 aliphatic rings. The maximum absolute atomic E-state index is 5.82. The lowest BCUT2D eigenvalue weighted by Crippen LogP contribution is -1.96. The van der Waals surface area contributed by atoms with Crippen LogP contribution in [0.2, 0.25) is 0 Å². The second kappa shape index (κ2) is 5.02. The molecule has 0 atom stereocenters. The van der Waals surface area contributed by atoms with E-state index in [0.717, 1.165) is 23.2 Å². The van der Waals surface area contributed by atoms with Crippen LogP contribution in [-0.4, -0.2) is 6.54 Å². The van der Waals surface area contributed by atoms with Crippen LogP contribution in [0.25, 0.3) is 0 Å². The molecule has 0 amide bonds. The SMILES string of the molecule is Brc1ccccc1OCc1ccc2c(c1)CCN2. The Bertz CT molecular complexity index is 568. The number of ether oxygens (including phenoxy) is 1. The number of fused-ring (bicyclic) bond motifs is 1. The van der Waals surface area contributed by atoms with Crippen LogP contribution in [0.3, 0.4) is 0 Å². The van der Waals surface area contributed by atoms with E-state index in [1.807, 2.05) is 24.3 Å². The summed E-state index contributed by atoms with van der Waals surface area (Å²) in [6, 6.07) is 14.4. The molecule has 1 aliphatic heterocycles. The monoisotopic (exact) mass is 303 g/mol. The molecule has 0 saturated heterocycles. The molecule has 0 saturated carbocycles. The first-order valence-electron chi connectivity index (χ1n) is 6.06. The number of rotatable bonds is 3. The van der Waals surface area contributed by atoms with Gasteiger partial charge in [-0.2, -0.15) is 0 Å². The van der Waals surface area contributed by atoms with Crippen molar-refractivity contribution < 1.29 is 4.74 Å². The molecule has 2 aromatic carbocycles. The normalized spacial score (nSPS) is 12.9. The van der Waals surface area contributed by atoms with Crippen LogP contribution < -0.4 is 10.1 Å². The Kier molecular flexibility index (Phi) is 3.24. The van der Waals surface area contributed by atoms with E-state index in [-0.39, 0.29) is 0 Å². The fourth-order valence-electron chi connectivity index (χ4n) is 2.17. The predicted octanol–water partition coefficient (Wildman–Crippen LogP) is 4.00. The summed E-state index contributed by atoms with van der Waals surface area (Å²) in [5.74, 6) is 0.885. The Hall–Kier alpha value is -1.48. The van der Waals surface area contributed by atoms with Crippen LogP contribution >= 0.6 is 15.9 Å². The molecule has 3 rings (SSSR count). The molecule has 0 fully saturated rings. The molecule has 0 unspecified atom stereocenters. The molecular formula is C15H14BrNO. The quantitative estimate of drug-likeness (QED) is 0.925. The Balaban J connectivity index is 1.72. The van der Waals surface area contributed by atoms with Crippen molar-refractivity contribution >= 4 is 21.6 Å². The summed E-state index contributed by atoms with van der Waals surface area (Å²) in [6.07, 6.45) is 1.11. The number of nitrogens with one attached hydrogen (secondary N) is 1. The minimum Gasteiger partial charge on any atom is -0.488 e. The van der Waals surface area contributed by atoms with Crippen LogP contribution in [0.1, 0.15) is 11.1 Å². The maximum Gasteiger partial charge on any atom is 0.133 e. The molecule has 0 aromatic heterocycles. The first kappa shape index (κ1) is 11.6. The molecule has 1 N–H and O–H groups in total. The van der Waals surface area contributed by atoms with Crippen molar-refractivity contribution in [3.05, 3.63) is 58.1 Å². The summed E-state index contributed by atoms with van der Waals surface area (Å²) < 4.78 is 6.81. The van der Waals surface area contributed by atoms with Crippen molar-refractivity contribution in [2.24, 2.45) is 0 Å². The van der Waals surface area contributed by atoms with E-state index < -0.39 is 0 Å². The zero-order valence-electron chi connectivity index (χ0n) is 9.95. The second-order valence-electron chi connectivity index (χ2n) is 4.39. The van der Waals surface area contributed by atoms with E-state index in [1.54, 1.807) is 0 Å². The Morgan fingerprint density at radius 3 is 2.94 bits per heavy atom. The van der Waals surface area contributed by atoms with E-state index in [1.165, 1.54) is 16.8 Å². The highest BCUT2D eigenvalue weighted by Crippen LogP contribution is 2.26. The number of hydrogen-bond donors (Lipinski definition) is 1. The molecule has 0 aliphatic carbocycles. The number of para-hydroxylation sites is 1. The highest BCUT2D eigenvalue weighted by Gasteiger charge is 2.10. The minimum atomic E-state index is 0.607. The fourth-order valence-corrected chi connectivity index (χ4v) is 2.57. The Morgan fingerprint density at radius 1 is 1.17 bits per heavy atom. The smallest absolute Gasteiger partial charge is 0.133 e. The topological polar surface area (TPSA) is 21.3 Å².